The average Bonchev–Trinajstić information content (AvgIpc) is 3.30. The minimum absolute atomic E-state index is 0.0260. The summed E-state index contributed by atoms with van der Waals surface area (Å²) in [6, 6.07) is 17.0. The number of furan rings is 1. The van der Waals surface area contributed by atoms with Crippen molar-refractivity contribution in [1.82, 2.24) is 0 Å². The monoisotopic (exact) mass is 438 g/mol. The van der Waals surface area contributed by atoms with E-state index in [9.17, 15) is 14.9 Å². The molecule has 2 heterocycles. The molecule has 0 aliphatic carbocycles. The van der Waals surface area contributed by atoms with Gasteiger partial charge >= 0.3 is 5.97 Å². The molecule has 3 aromatic rings. The largest absolute Gasteiger partial charge is 0.457 e. The van der Waals surface area contributed by atoms with Crippen LogP contribution in [0.25, 0.3) is 17.4 Å². The molecule has 8 heteroatoms. The van der Waals surface area contributed by atoms with Gasteiger partial charge in [0.25, 0.3) is 5.69 Å². The lowest BCUT2D eigenvalue weighted by molar-refractivity contribution is -0.384. The van der Waals surface area contributed by atoms with Gasteiger partial charge in [-0.1, -0.05) is 35.5 Å². The molecule has 0 radical (unpaired) electrons. The minimum Gasteiger partial charge on any atom is -0.457 e. The zero-order valence-electron chi connectivity index (χ0n) is 14.2. The highest BCUT2D eigenvalue weighted by Crippen LogP contribution is 2.33. The van der Waals surface area contributed by atoms with Crippen LogP contribution in [0.15, 0.2) is 80.3 Å². The molecule has 0 spiro atoms. The predicted octanol–water partition coefficient (Wildman–Crippen LogP) is 4.96. The summed E-state index contributed by atoms with van der Waals surface area (Å²) in [5.74, 6) is 0.365. The third-order valence-electron chi connectivity index (χ3n) is 4.08. The summed E-state index contributed by atoms with van der Waals surface area (Å²) in [4.78, 5) is 27.3. The third kappa shape index (κ3) is 3.37. The minimum atomic E-state index is -0.562. The van der Waals surface area contributed by atoms with Crippen molar-refractivity contribution in [3.63, 3.8) is 0 Å². The van der Waals surface area contributed by atoms with Crippen LogP contribution in [0.3, 0.4) is 0 Å². The number of hydrogen-bond donors (Lipinski definition) is 0. The van der Waals surface area contributed by atoms with Crippen LogP contribution in [0.2, 0.25) is 0 Å². The van der Waals surface area contributed by atoms with Crippen LogP contribution < -0.4 is 0 Å². The Morgan fingerprint density at radius 3 is 2.57 bits per heavy atom. The van der Waals surface area contributed by atoms with Crippen LogP contribution in [0.4, 0.5) is 5.69 Å². The number of non-ortho nitro benzene ring substituents is 1. The molecule has 0 bridgehead atoms. The molecule has 138 valence electrons. The van der Waals surface area contributed by atoms with E-state index in [2.05, 4.69) is 21.1 Å². The van der Waals surface area contributed by atoms with E-state index in [0.717, 1.165) is 5.56 Å². The molecule has 7 nitrogen and oxygen atoms in total. The maximum absolute atomic E-state index is 12.1. The molecule has 1 aliphatic rings. The number of halogens is 1. The first kappa shape index (κ1) is 17.9. The lowest BCUT2D eigenvalue weighted by Gasteiger charge is -2.01. The molecule has 0 saturated carbocycles. The van der Waals surface area contributed by atoms with Crippen LogP contribution in [0, 0.1) is 10.1 Å². The van der Waals surface area contributed by atoms with Gasteiger partial charge < -0.3 is 9.25 Å². The highest BCUT2D eigenvalue weighted by molar-refractivity contribution is 9.10. The molecule has 0 N–H and O–H groups in total. The molecule has 0 atom stereocenters. The number of oxime groups is 1. The SMILES string of the molecule is O=C1ON=C(c2ccccc2)/C1=C/c1ccc(-c2ccc([N+](=O)[O-])cc2Br)o1. The summed E-state index contributed by atoms with van der Waals surface area (Å²) in [6.45, 7) is 0. The number of carbonyl (C=O) groups is 1. The first-order chi connectivity index (χ1) is 13.5. The van der Waals surface area contributed by atoms with Crippen molar-refractivity contribution >= 4 is 39.4 Å². The fourth-order valence-electron chi connectivity index (χ4n) is 2.75. The topological polar surface area (TPSA) is 94.9 Å². The van der Waals surface area contributed by atoms with Crippen LogP contribution in [0.1, 0.15) is 11.3 Å². The fourth-order valence-corrected chi connectivity index (χ4v) is 3.31. The van der Waals surface area contributed by atoms with Gasteiger partial charge in [-0.05, 0) is 40.2 Å². The maximum Gasteiger partial charge on any atom is 0.368 e. The van der Waals surface area contributed by atoms with Gasteiger partial charge in [-0.3, -0.25) is 10.1 Å². The number of carbonyl (C=O) groups excluding carboxylic acids is 1. The number of nitrogens with zero attached hydrogens (tertiary/aromatic N) is 2. The lowest BCUT2D eigenvalue weighted by Crippen LogP contribution is -2.06. The summed E-state index contributed by atoms with van der Waals surface area (Å²) in [7, 11) is 0. The van der Waals surface area contributed by atoms with E-state index in [-0.39, 0.29) is 11.3 Å². The normalized spacial score (nSPS) is 14.8. The molecule has 28 heavy (non-hydrogen) atoms. The van der Waals surface area contributed by atoms with E-state index >= 15 is 0 Å². The summed E-state index contributed by atoms with van der Waals surface area (Å²) in [5.41, 5.74) is 2.10. The van der Waals surface area contributed by atoms with E-state index < -0.39 is 10.9 Å². The van der Waals surface area contributed by atoms with Crippen molar-refractivity contribution in [2.45, 2.75) is 0 Å². The molecule has 4 rings (SSSR count). The van der Waals surface area contributed by atoms with E-state index in [4.69, 9.17) is 9.25 Å². The zero-order valence-corrected chi connectivity index (χ0v) is 15.8. The van der Waals surface area contributed by atoms with Gasteiger partial charge in [0.05, 0.1) is 10.5 Å². The van der Waals surface area contributed by atoms with Crippen molar-refractivity contribution in [1.29, 1.82) is 0 Å². The first-order valence-electron chi connectivity index (χ1n) is 8.14. The zero-order chi connectivity index (χ0) is 19.7. The molecular weight excluding hydrogens is 428 g/mol. The van der Waals surface area contributed by atoms with Crippen LogP contribution >= 0.6 is 15.9 Å². The fraction of sp³-hybridized carbons (Fsp3) is 0. The van der Waals surface area contributed by atoms with E-state index in [0.29, 0.717) is 27.3 Å². The summed E-state index contributed by atoms with van der Waals surface area (Å²) >= 11 is 3.33. The highest BCUT2D eigenvalue weighted by Gasteiger charge is 2.27. The standard InChI is InChI=1S/C20H11BrN2O5/c21-17-10-13(23(25)26)6-8-15(17)18-9-7-14(27-18)11-16-19(22-28-20(16)24)12-4-2-1-3-5-12/h1-11H/b16-11-. The average molecular weight is 439 g/mol. The van der Waals surface area contributed by atoms with Crippen molar-refractivity contribution in [2.24, 2.45) is 5.16 Å². The Bertz CT molecular complexity index is 1150. The summed E-state index contributed by atoms with van der Waals surface area (Å²) in [5, 5.41) is 14.7. The second kappa shape index (κ2) is 7.24. The van der Waals surface area contributed by atoms with Crippen molar-refractivity contribution in [3.8, 4) is 11.3 Å². The van der Waals surface area contributed by atoms with Gasteiger partial charge in [-0.15, -0.1) is 0 Å². The predicted molar refractivity (Wildman–Crippen MR) is 106 cm³/mol. The Morgan fingerprint density at radius 1 is 1.07 bits per heavy atom. The Labute approximate surface area is 167 Å². The summed E-state index contributed by atoms with van der Waals surface area (Å²) < 4.78 is 6.34. The number of rotatable bonds is 4. The Hall–Kier alpha value is -3.52. The number of benzene rings is 2. The van der Waals surface area contributed by atoms with E-state index in [1.54, 1.807) is 24.3 Å². The van der Waals surface area contributed by atoms with Crippen LogP contribution in [0.5, 0.6) is 0 Å². The van der Waals surface area contributed by atoms with Crippen molar-refractivity contribution < 1.29 is 19.0 Å². The molecular formula is C20H11BrN2O5. The Kier molecular flexibility index (Phi) is 4.62. The number of nitro benzene ring substituents is 1. The highest BCUT2D eigenvalue weighted by atomic mass is 79.9. The van der Waals surface area contributed by atoms with Gasteiger partial charge in [0.2, 0.25) is 0 Å². The molecule has 2 aromatic carbocycles. The Morgan fingerprint density at radius 2 is 1.86 bits per heavy atom. The lowest BCUT2D eigenvalue weighted by atomic mass is 10.0. The van der Waals surface area contributed by atoms with Gasteiger partial charge in [0, 0.05) is 27.7 Å². The Balaban J connectivity index is 1.67. The first-order valence-corrected chi connectivity index (χ1v) is 8.93. The molecule has 0 fully saturated rings. The molecule has 1 aliphatic heterocycles. The molecule has 0 amide bonds. The van der Waals surface area contributed by atoms with Gasteiger partial charge in [0.1, 0.15) is 17.2 Å². The third-order valence-corrected chi connectivity index (χ3v) is 4.74. The second-order valence-corrected chi connectivity index (χ2v) is 6.72. The maximum atomic E-state index is 12.1. The summed E-state index contributed by atoms with van der Waals surface area (Å²) in [6.07, 6.45) is 1.56. The number of hydrogen-bond acceptors (Lipinski definition) is 6. The van der Waals surface area contributed by atoms with Crippen LogP contribution in [-0.2, 0) is 9.63 Å². The van der Waals surface area contributed by atoms with Gasteiger partial charge in [0.15, 0.2) is 0 Å². The van der Waals surface area contributed by atoms with Gasteiger partial charge in [-0.25, -0.2) is 4.79 Å². The van der Waals surface area contributed by atoms with Crippen molar-refractivity contribution in [2.75, 3.05) is 0 Å². The second-order valence-electron chi connectivity index (χ2n) is 5.87. The number of nitro groups is 1. The van der Waals surface area contributed by atoms with E-state index in [1.807, 2.05) is 30.3 Å². The molecule has 0 saturated heterocycles. The van der Waals surface area contributed by atoms with Crippen LogP contribution in [-0.4, -0.2) is 16.6 Å². The molecule has 0 unspecified atom stereocenters. The smallest absolute Gasteiger partial charge is 0.368 e. The molecule has 1 aromatic heterocycles. The van der Waals surface area contributed by atoms with Gasteiger partial charge in [-0.2, -0.15) is 0 Å². The quantitative estimate of drug-likeness (QED) is 0.248. The van der Waals surface area contributed by atoms with Crippen molar-refractivity contribution in [3.05, 3.63) is 92.1 Å². The van der Waals surface area contributed by atoms with E-state index in [1.165, 1.54) is 12.1 Å².